The minimum atomic E-state index is 0.214. The Bertz CT molecular complexity index is 468. The molecule has 0 aromatic heterocycles. The van der Waals surface area contributed by atoms with E-state index in [1.54, 1.807) is 11.8 Å². The lowest BCUT2D eigenvalue weighted by molar-refractivity contribution is 0.262. The van der Waals surface area contributed by atoms with Gasteiger partial charge in [-0.05, 0) is 44.1 Å². The van der Waals surface area contributed by atoms with Crippen LogP contribution < -0.4 is 4.90 Å². The second-order valence-electron chi connectivity index (χ2n) is 4.82. The summed E-state index contributed by atoms with van der Waals surface area (Å²) < 4.78 is 0. The number of hydrogen-bond donors (Lipinski definition) is 1. The third-order valence-corrected chi connectivity index (χ3v) is 4.51. The quantitative estimate of drug-likeness (QED) is 0.859. The molecule has 1 aromatic carbocycles. The van der Waals surface area contributed by atoms with Crippen molar-refractivity contribution in [2.45, 2.75) is 36.6 Å². The van der Waals surface area contributed by atoms with Gasteiger partial charge in [-0.1, -0.05) is 6.07 Å². The van der Waals surface area contributed by atoms with Crippen LogP contribution >= 0.6 is 11.8 Å². The van der Waals surface area contributed by atoms with E-state index in [0.717, 1.165) is 42.0 Å². The SMILES string of the molecule is CSc1cccc(N2CCCCC2CCO)c1C#N. The lowest BCUT2D eigenvalue weighted by Crippen LogP contribution is -2.40. The average molecular weight is 276 g/mol. The van der Waals surface area contributed by atoms with Gasteiger partial charge in [0, 0.05) is 24.1 Å². The predicted octanol–water partition coefficient (Wildman–Crippen LogP) is 3.02. The number of rotatable bonds is 4. The van der Waals surface area contributed by atoms with E-state index in [4.69, 9.17) is 0 Å². The summed E-state index contributed by atoms with van der Waals surface area (Å²) in [5.41, 5.74) is 1.81. The second kappa shape index (κ2) is 6.83. The molecule has 0 amide bonds. The Kier molecular flexibility index (Phi) is 5.12. The molecule has 1 aliphatic heterocycles. The van der Waals surface area contributed by atoms with Gasteiger partial charge in [-0.2, -0.15) is 5.26 Å². The van der Waals surface area contributed by atoms with Crippen molar-refractivity contribution in [1.29, 1.82) is 5.26 Å². The Balaban J connectivity index is 2.36. The summed E-state index contributed by atoms with van der Waals surface area (Å²) in [4.78, 5) is 3.35. The topological polar surface area (TPSA) is 47.3 Å². The maximum absolute atomic E-state index is 9.44. The third-order valence-electron chi connectivity index (χ3n) is 3.73. The van der Waals surface area contributed by atoms with Crippen molar-refractivity contribution in [1.82, 2.24) is 0 Å². The zero-order chi connectivity index (χ0) is 13.7. The third kappa shape index (κ3) is 3.05. The van der Waals surface area contributed by atoms with E-state index in [-0.39, 0.29) is 6.61 Å². The molecule has 3 nitrogen and oxygen atoms in total. The molecule has 0 radical (unpaired) electrons. The molecule has 102 valence electrons. The summed E-state index contributed by atoms with van der Waals surface area (Å²) in [7, 11) is 0. The molecule has 0 saturated carbocycles. The van der Waals surface area contributed by atoms with Gasteiger partial charge in [0.25, 0.3) is 0 Å². The Hall–Kier alpha value is -1.18. The van der Waals surface area contributed by atoms with Crippen LogP contribution in [-0.4, -0.2) is 30.6 Å². The number of nitrogens with zero attached hydrogens (tertiary/aromatic N) is 2. The first-order chi connectivity index (χ1) is 9.31. The number of aliphatic hydroxyl groups is 1. The van der Waals surface area contributed by atoms with Gasteiger partial charge in [-0.15, -0.1) is 11.8 Å². The fraction of sp³-hybridized carbons (Fsp3) is 0.533. The first kappa shape index (κ1) is 14.2. The molecule has 0 spiro atoms. The van der Waals surface area contributed by atoms with Crippen LogP contribution in [0.15, 0.2) is 23.1 Å². The Morgan fingerprint density at radius 1 is 1.47 bits per heavy atom. The summed E-state index contributed by atoms with van der Waals surface area (Å²) in [6, 6.07) is 8.77. The first-order valence-corrected chi connectivity index (χ1v) is 7.99. The number of benzene rings is 1. The zero-order valence-corrected chi connectivity index (χ0v) is 12.1. The molecular formula is C15H20N2OS. The van der Waals surface area contributed by atoms with Gasteiger partial charge >= 0.3 is 0 Å². The van der Waals surface area contributed by atoms with Crippen molar-refractivity contribution in [3.05, 3.63) is 23.8 Å². The number of thioether (sulfide) groups is 1. The maximum atomic E-state index is 9.44. The molecule has 0 aliphatic carbocycles. The van der Waals surface area contributed by atoms with Crippen LogP contribution in [0.1, 0.15) is 31.2 Å². The van der Waals surface area contributed by atoms with E-state index in [1.165, 1.54) is 6.42 Å². The van der Waals surface area contributed by atoms with Crippen LogP contribution in [0.5, 0.6) is 0 Å². The summed E-state index contributed by atoms with van der Waals surface area (Å²) in [5.74, 6) is 0. The average Bonchev–Trinajstić information content (AvgIpc) is 2.47. The van der Waals surface area contributed by atoms with Crippen molar-refractivity contribution in [3.63, 3.8) is 0 Å². The second-order valence-corrected chi connectivity index (χ2v) is 5.67. The Labute approximate surface area is 119 Å². The number of aliphatic hydroxyl groups excluding tert-OH is 1. The summed E-state index contributed by atoms with van der Waals surface area (Å²) in [5, 5.41) is 18.7. The van der Waals surface area contributed by atoms with Gasteiger partial charge in [0.15, 0.2) is 0 Å². The molecule has 1 heterocycles. The maximum Gasteiger partial charge on any atom is 0.103 e. The van der Waals surface area contributed by atoms with E-state index in [1.807, 2.05) is 24.5 Å². The van der Waals surface area contributed by atoms with Crippen molar-refractivity contribution < 1.29 is 5.11 Å². The molecule has 1 aromatic rings. The van der Waals surface area contributed by atoms with E-state index in [2.05, 4.69) is 11.0 Å². The molecule has 0 bridgehead atoms. The highest BCUT2D eigenvalue weighted by atomic mass is 32.2. The summed E-state index contributed by atoms with van der Waals surface area (Å²) in [6.45, 7) is 1.20. The van der Waals surface area contributed by atoms with Gasteiger partial charge in [-0.3, -0.25) is 0 Å². The normalized spacial score (nSPS) is 19.2. The van der Waals surface area contributed by atoms with Gasteiger partial charge in [0.2, 0.25) is 0 Å². The van der Waals surface area contributed by atoms with Crippen LogP contribution in [0, 0.1) is 11.3 Å². The van der Waals surface area contributed by atoms with E-state index in [0.29, 0.717) is 6.04 Å². The molecule has 1 saturated heterocycles. The van der Waals surface area contributed by atoms with Crippen LogP contribution in [0.3, 0.4) is 0 Å². The smallest absolute Gasteiger partial charge is 0.103 e. The van der Waals surface area contributed by atoms with Crippen molar-refractivity contribution >= 4 is 17.4 Å². The van der Waals surface area contributed by atoms with Crippen molar-refractivity contribution in [2.75, 3.05) is 24.3 Å². The molecule has 1 unspecified atom stereocenters. The first-order valence-electron chi connectivity index (χ1n) is 6.76. The largest absolute Gasteiger partial charge is 0.396 e. The van der Waals surface area contributed by atoms with E-state index >= 15 is 0 Å². The molecule has 19 heavy (non-hydrogen) atoms. The fourth-order valence-electron chi connectivity index (χ4n) is 2.81. The molecule has 2 rings (SSSR count). The minimum absolute atomic E-state index is 0.214. The number of nitriles is 1. The number of piperidine rings is 1. The van der Waals surface area contributed by atoms with Crippen molar-refractivity contribution in [2.24, 2.45) is 0 Å². The van der Waals surface area contributed by atoms with Gasteiger partial charge < -0.3 is 10.0 Å². The fourth-order valence-corrected chi connectivity index (χ4v) is 3.38. The molecular weight excluding hydrogens is 256 g/mol. The molecule has 1 N–H and O–H groups in total. The summed E-state index contributed by atoms with van der Waals surface area (Å²) >= 11 is 1.61. The Morgan fingerprint density at radius 2 is 2.32 bits per heavy atom. The van der Waals surface area contributed by atoms with Crippen LogP contribution in [0.4, 0.5) is 5.69 Å². The highest BCUT2D eigenvalue weighted by Gasteiger charge is 2.24. The van der Waals surface area contributed by atoms with Gasteiger partial charge in [0.05, 0.1) is 11.3 Å². The molecule has 1 fully saturated rings. The zero-order valence-electron chi connectivity index (χ0n) is 11.3. The van der Waals surface area contributed by atoms with Crippen molar-refractivity contribution in [3.8, 4) is 6.07 Å². The lowest BCUT2D eigenvalue weighted by Gasteiger charge is -2.38. The van der Waals surface area contributed by atoms with Crippen LogP contribution in [0.25, 0.3) is 0 Å². The molecule has 4 heteroatoms. The number of hydrogen-bond acceptors (Lipinski definition) is 4. The molecule has 1 aliphatic rings. The highest BCUT2D eigenvalue weighted by Crippen LogP contribution is 2.33. The van der Waals surface area contributed by atoms with Gasteiger partial charge in [0.1, 0.15) is 6.07 Å². The van der Waals surface area contributed by atoms with E-state index < -0.39 is 0 Å². The number of anilines is 1. The standard InChI is InChI=1S/C15H20N2OS/c1-19-15-7-4-6-14(13(15)11-16)17-9-3-2-5-12(17)8-10-18/h4,6-7,12,18H,2-3,5,8-10H2,1H3. The highest BCUT2D eigenvalue weighted by molar-refractivity contribution is 7.98. The lowest BCUT2D eigenvalue weighted by atomic mass is 9.97. The van der Waals surface area contributed by atoms with Gasteiger partial charge in [-0.25, -0.2) is 0 Å². The summed E-state index contributed by atoms with van der Waals surface area (Å²) in [6.07, 6.45) is 6.27. The minimum Gasteiger partial charge on any atom is -0.396 e. The monoisotopic (exact) mass is 276 g/mol. The Morgan fingerprint density at radius 3 is 3.00 bits per heavy atom. The van der Waals surface area contributed by atoms with E-state index in [9.17, 15) is 10.4 Å². The predicted molar refractivity (Wildman–Crippen MR) is 79.6 cm³/mol. The van der Waals surface area contributed by atoms with Crippen LogP contribution in [-0.2, 0) is 0 Å². The molecule has 1 atom stereocenters. The van der Waals surface area contributed by atoms with Crippen LogP contribution in [0.2, 0.25) is 0 Å².